The largest absolute Gasteiger partial charge is 0.488 e. The minimum atomic E-state index is -0.409. The van der Waals surface area contributed by atoms with Crippen LogP contribution in [0.5, 0.6) is 5.75 Å². The number of anilines is 2. The van der Waals surface area contributed by atoms with Crippen LogP contribution in [0.1, 0.15) is 47.0 Å². The molecule has 1 aromatic rings. The van der Waals surface area contributed by atoms with Gasteiger partial charge in [-0.15, -0.1) is 0 Å². The molecule has 0 bridgehead atoms. The number of nitrogen functional groups attached to an aromatic ring is 1. The van der Waals surface area contributed by atoms with Crippen molar-refractivity contribution in [3.8, 4) is 5.75 Å². The van der Waals surface area contributed by atoms with Crippen LogP contribution in [0.25, 0.3) is 0 Å². The quantitative estimate of drug-likeness (QED) is 0.813. The molecule has 4 heteroatoms. The van der Waals surface area contributed by atoms with Crippen LogP contribution in [0, 0.1) is 11.2 Å². The van der Waals surface area contributed by atoms with Gasteiger partial charge in [-0.2, -0.15) is 0 Å². The first kappa shape index (κ1) is 14.9. The molecule has 0 aromatic heterocycles. The van der Waals surface area contributed by atoms with Gasteiger partial charge in [0.2, 0.25) is 0 Å². The number of benzene rings is 1. The van der Waals surface area contributed by atoms with Crippen molar-refractivity contribution >= 4 is 11.4 Å². The van der Waals surface area contributed by atoms with Gasteiger partial charge < -0.3 is 15.8 Å². The molecule has 0 radical (unpaired) electrons. The fraction of sp³-hybridized carbons (Fsp3) is 0.625. The van der Waals surface area contributed by atoms with Gasteiger partial charge in [0.25, 0.3) is 0 Å². The molecule has 20 heavy (non-hydrogen) atoms. The smallest absolute Gasteiger partial charge is 0.167 e. The fourth-order valence-electron chi connectivity index (χ4n) is 2.82. The zero-order valence-electron chi connectivity index (χ0n) is 12.8. The molecule has 1 unspecified atom stereocenters. The highest BCUT2D eigenvalue weighted by Gasteiger charge is 2.31. The van der Waals surface area contributed by atoms with Crippen molar-refractivity contribution in [2.75, 3.05) is 11.1 Å². The fourth-order valence-corrected chi connectivity index (χ4v) is 2.82. The van der Waals surface area contributed by atoms with E-state index in [1.165, 1.54) is 12.5 Å². The molecule has 3 N–H and O–H groups in total. The third-order valence-electron chi connectivity index (χ3n) is 3.79. The van der Waals surface area contributed by atoms with E-state index in [2.05, 4.69) is 19.2 Å². The third-order valence-corrected chi connectivity index (χ3v) is 3.79. The van der Waals surface area contributed by atoms with Crippen molar-refractivity contribution in [1.29, 1.82) is 0 Å². The van der Waals surface area contributed by atoms with Crippen LogP contribution < -0.4 is 15.8 Å². The molecule has 0 heterocycles. The summed E-state index contributed by atoms with van der Waals surface area (Å²) in [5.74, 6) is -0.151. The van der Waals surface area contributed by atoms with Crippen molar-refractivity contribution in [3.63, 3.8) is 0 Å². The second kappa shape index (κ2) is 5.51. The van der Waals surface area contributed by atoms with E-state index in [-0.39, 0.29) is 11.9 Å². The summed E-state index contributed by atoms with van der Waals surface area (Å²) < 4.78 is 19.3. The molecule has 3 nitrogen and oxygen atoms in total. The lowest BCUT2D eigenvalue weighted by Crippen LogP contribution is -2.18. The molecule has 0 saturated heterocycles. The maximum Gasteiger partial charge on any atom is 0.167 e. The zero-order chi connectivity index (χ0) is 14.9. The number of ether oxygens (including phenoxy) is 1. The van der Waals surface area contributed by atoms with Crippen molar-refractivity contribution in [1.82, 2.24) is 0 Å². The van der Waals surface area contributed by atoms with Crippen molar-refractivity contribution < 1.29 is 9.13 Å². The summed E-state index contributed by atoms with van der Waals surface area (Å²) in [5.41, 5.74) is 7.48. The highest BCUT2D eigenvalue weighted by Crippen LogP contribution is 2.39. The normalized spacial score (nSPS) is 21.2. The van der Waals surface area contributed by atoms with Crippen LogP contribution in [0.4, 0.5) is 15.8 Å². The summed E-state index contributed by atoms with van der Waals surface area (Å²) in [7, 11) is 0. The van der Waals surface area contributed by atoms with Gasteiger partial charge in [-0.05, 0) is 38.5 Å². The predicted octanol–water partition coefficient (Wildman–Crippen LogP) is 4.19. The predicted molar refractivity (Wildman–Crippen MR) is 81.6 cm³/mol. The SMILES string of the molecule is CC(C)Oc1cc(NC2CCC(C)(C)C2)c(N)cc1F. The van der Waals surface area contributed by atoms with E-state index in [4.69, 9.17) is 10.5 Å². The Morgan fingerprint density at radius 3 is 2.65 bits per heavy atom. The monoisotopic (exact) mass is 280 g/mol. The first-order valence-electron chi connectivity index (χ1n) is 7.29. The molecule has 0 amide bonds. The summed E-state index contributed by atoms with van der Waals surface area (Å²) in [6.45, 7) is 8.30. The van der Waals surface area contributed by atoms with E-state index in [1.807, 2.05) is 13.8 Å². The topological polar surface area (TPSA) is 47.3 Å². The van der Waals surface area contributed by atoms with E-state index in [1.54, 1.807) is 6.07 Å². The average Bonchev–Trinajstić information content (AvgIpc) is 2.64. The third kappa shape index (κ3) is 3.56. The lowest BCUT2D eigenvalue weighted by Gasteiger charge is -2.20. The van der Waals surface area contributed by atoms with Gasteiger partial charge in [0, 0.05) is 18.2 Å². The second-order valence-corrected chi connectivity index (χ2v) is 6.78. The Balaban J connectivity index is 2.15. The second-order valence-electron chi connectivity index (χ2n) is 6.78. The molecular weight excluding hydrogens is 255 g/mol. The molecule has 1 fully saturated rings. The summed E-state index contributed by atoms with van der Waals surface area (Å²) in [6, 6.07) is 3.40. The Hall–Kier alpha value is -1.45. The van der Waals surface area contributed by atoms with Crippen LogP contribution in [0.2, 0.25) is 0 Å². The number of hydrogen-bond acceptors (Lipinski definition) is 3. The Morgan fingerprint density at radius 2 is 2.10 bits per heavy atom. The van der Waals surface area contributed by atoms with Crippen molar-refractivity contribution in [3.05, 3.63) is 17.9 Å². The van der Waals surface area contributed by atoms with Crippen LogP contribution in [-0.2, 0) is 0 Å². The van der Waals surface area contributed by atoms with E-state index >= 15 is 0 Å². The number of nitrogens with one attached hydrogen (secondary N) is 1. The Labute approximate surface area is 120 Å². The lowest BCUT2D eigenvalue weighted by molar-refractivity contribution is 0.231. The number of rotatable bonds is 4. The van der Waals surface area contributed by atoms with Gasteiger partial charge >= 0.3 is 0 Å². The number of hydrogen-bond donors (Lipinski definition) is 2. The van der Waals surface area contributed by atoms with E-state index in [0.29, 0.717) is 17.1 Å². The Bertz CT molecular complexity index is 486. The van der Waals surface area contributed by atoms with Crippen molar-refractivity contribution in [2.24, 2.45) is 5.41 Å². The van der Waals surface area contributed by atoms with Gasteiger partial charge in [-0.1, -0.05) is 13.8 Å². The van der Waals surface area contributed by atoms with Gasteiger partial charge in [0.1, 0.15) is 0 Å². The lowest BCUT2D eigenvalue weighted by atomic mass is 9.92. The molecule has 1 atom stereocenters. The van der Waals surface area contributed by atoms with E-state index < -0.39 is 5.82 Å². The zero-order valence-corrected chi connectivity index (χ0v) is 12.8. The van der Waals surface area contributed by atoms with Crippen LogP contribution in [0.15, 0.2) is 12.1 Å². The van der Waals surface area contributed by atoms with Gasteiger partial charge in [-0.25, -0.2) is 4.39 Å². The van der Waals surface area contributed by atoms with Crippen LogP contribution in [0.3, 0.4) is 0 Å². The van der Waals surface area contributed by atoms with Crippen molar-refractivity contribution in [2.45, 2.75) is 59.1 Å². The maximum absolute atomic E-state index is 13.8. The minimum Gasteiger partial charge on any atom is -0.488 e. The van der Waals surface area contributed by atoms with Gasteiger partial charge in [0.15, 0.2) is 11.6 Å². The summed E-state index contributed by atoms with van der Waals surface area (Å²) >= 11 is 0. The molecular formula is C16H25FN2O. The molecule has 0 spiro atoms. The molecule has 112 valence electrons. The van der Waals surface area contributed by atoms with E-state index in [9.17, 15) is 4.39 Å². The highest BCUT2D eigenvalue weighted by atomic mass is 19.1. The minimum absolute atomic E-state index is 0.0635. The Kier molecular flexibility index (Phi) is 4.11. The first-order valence-corrected chi connectivity index (χ1v) is 7.29. The number of halogens is 1. The first-order chi connectivity index (χ1) is 9.27. The van der Waals surface area contributed by atoms with Crippen LogP contribution >= 0.6 is 0 Å². The standard InChI is InChI=1S/C16H25FN2O/c1-10(2)20-15-8-14(13(18)7-12(15)17)19-11-5-6-16(3,4)9-11/h7-8,10-11,19H,5-6,9,18H2,1-4H3. The molecule has 1 saturated carbocycles. The highest BCUT2D eigenvalue weighted by molar-refractivity contribution is 5.69. The average molecular weight is 280 g/mol. The van der Waals surface area contributed by atoms with Crippen LogP contribution in [-0.4, -0.2) is 12.1 Å². The molecule has 1 aromatic carbocycles. The van der Waals surface area contributed by atoms with Gasteiger partial charge in [-0.3, -0.25) is 0 Å². The van der Waals surface area contributed by atoms with E-state index in [0.717, 1.165) is 18.5 Å². The maximum atomic E-state index is 13.8. The summed E-state index contributed by atoms with van der Waals surface area (Å²) in [6.07, 6.45) is 3.35. The molecule has 0 aliphatic heterocycles. The molecule has 1 aliphatic carbocycles. The summed E-state index contributed by atoms with van der Waals surface area (Å²) in [4.78, 5) is 0. The number of nitrogens with two attached hydrogens (primary N) is 1. The summed E-state index contributed by atoms with van der Waals surface area (Å²) in [5, 5.41) is 3.43. The van der Waals surface area contributed by atoms with Gasteiger partial charge in [0.05, 0.1) is 17.5 Å². The molecule has 2 rings (SSSR count). The Morgan fingerprint density at radius 1 is 1.40 bits per heavy atom. The molecule has 1 aliphatic rings.